The van der Waals surface area contributed by atoms with Gasteiger partial charge in [0, 0.05) is 129 Å². The van der Waals surface area contributed by atoms with Gasteiger partial charge in [0.25, 0.3) is 5.69 Å². The van der Waals surface area contributed by atoms with E-state index in [0.717, 1.165) is 36.6 Å². The summed E-state index contributed by atoms with van der Waals surface area (Å²) in [6.07, 6.45) is -0.282. The summed E-state index contributed by atoms with van der Waals surface area (Å²) in [6.45, 7) is 2.65. The molecule has 1 aliphatic heterocycles. The number of nitro groups is 1. The molecule has 1 aliphatic rings. The highest BCUT2D eigenvalue weighted by molar-refractivity contribution is 5.96. The Labute approximate surface area is 472 Å². The normalized spacial score (nSPS) is 12.3. The molecule has 440 valence electrons. The second-order valence-electron chi connectivity index (χ2n) is 19.6. The summed E-state index contributed by atoms with van der Waals surface area (Å²) >= 11 is 0. The van der Waals surface area contributed by atoms with Gasteiger partial charge in [-0.3, -0.25) is 10.1 Å². The lowest BCUT2D eigenvalue weighted by atomic mass is 10.1. The Morgan fingerprint density at radius 3 is 1.48 bits per heavy atom. The number of para-hydroxylation sites is 2. The lowest BCUT2D eigenvalue weighted by Crippen LogP contribution is -2.29. The first kappa shape index (κ1) is 62.8. The van der Waals surface area contributed by atoms with Crippen LogP contribution < -0.4 is 35.6 Å². The smallest absolute Gasteiger partial charge is 0.406 e. The number of fused-ring (bicyclic) bond motifs is 2. The van der Waals surface area contributed by atoms with Crippen molar-refractivity contribution in [3.63, 3.8) is 0 Å². The summed E-state index contributed by atoms with van der Waals surface area (Å²) in [5.74, 6) is 1.25. The van der Waals surface area contributed by atoms with Crippen molar-refractivity contribution in [2.75, 3.05) is 122 Å². The third-order valence-electron chi connectivity index (χ3n) is 12.9. The van der Waals surface area contributed by atoms with Gasteiger partial charge in [0.2, 0.25) is 11.9 Å². The molecule has 8 aromatic rings. The maximum atomic E-state index is 13.2. The minimum atomic E-state index is -4.39. The van der Waals surface area contributed by atoms with Crippen LogP contribution in [0.5, 0.6) is 11.5 Å². The van der Waals surface area contributed by atoms with Crippen LogP contribution in [0.25, 0.3) is 44.3 Å². The zero-order valence-electron chi connectivity index (χ0n) is 46.3. The van der Waals surface area contributed by atoms with E-state index in [9.17, 15) is 36.5 Å². The van der Waals surface area contributed by atoms with Crippen molar-refractivity contribution in [2.24, 2.45) is 0 Å². The van der Waals surface area contributed by atoms with E-state index in [1.54, 1.807) is 98.1 Å². The SMILES string of the molecule is C.C1CCOC1.COc1cc(N(C)CCN(C)C)c(N)cc1Nc1nccc(-c2cn(CC(F)(F)F)c3ccccc23)n1.COc1cc(N(C)CCN(C)C)c([N+](=O)[O-])cc1Nc1nccc(-c2cn(CC(F)(F)F)c3ccccc23)n1. The Kier molecular flexibility index (Phi) is 21.3. The molecular formula is C57H70F6N14O5. The van der Waals surface area contributed by atoms with E-state index in [2.05, 4.69) is 40.4 Å². The van der Waals surface area contributed by atoms with Crippen LogP contribution >= 0.6 is 0 Å². The van der Waals surface area contributed by atoms with Gasteiger partial charge < -0.3 is 59.3 Å². The highest BCUT2D eigenvalue weighted by Gasteiger charge is 2.31. The number of nitrogens with two attached hydrogens (primary N) is 1. The molecule has 82 heavy (non-hydrogen) atoms. The topological polar surface area (TPSA) is 195 Å². The predicted molar refractivity (Wildman–Crippen MR) is 312 cm³/mol. The Balaban J connectivity index is 0.000000240. The van der Waals surface area contributed by atoms with Gasteiger partial charge in [0.1, 0.15) is 30.3 Å². The van der Waals surface area contributed by atoms with E-state index in [4.69, 9.17) is 19.9 Å². The first-order valence-corrected chi connectivity index (χ1v) is 25.7. The number of rotatable bonds is 19. The number of alkyl halides is 6. The van der Waals surface area contributed by atoms with Crippen LogP contribution in [0, 0.1) is 10.1 Å². The summed E-state index contributed by atoms with van der Waals surface area (Å²) in [4.78, 5) is 36.9. The van der Waals surface area contributed by atoms with Crippen molar-refractivity contribution in [3.8, 4) is 34.0 Å². The molecule has 4 N–H and O–H groups in total. The van der Waals surface area contributed by atoms with E-state index in [-0.39, 0.29) is 30.7 Å². The van der Waals surface area contributed by atoms with Crippen LogP contribution in [0.1, 0.15) is 20.3 Å². The van der Waals surface area contributed by atoms with Crippen molar-refractivity contribution in [2.45, 2.75) is 45.7 Å². The van der Waals surface area contributed by atoms with Crippen molar-refractivity contribution in [1.82, 2.24) is 38.9 Å². The standard InChI is InChI=1S/C26H28F3N7O3.C26H30F3N7O.C4H8O.CH4/c1-33(2)11-12-34(3)22-14-24(39-4)20(13-23(22)36(37)38)32-25-30-10-9-19(31-25)18-15-35(16-26(27,28)29)21-8-6-5-7-17(18)21;1-34(2)11-12-35(3)23-14-24(37-4)21(13-19(23)30)33-25-31-10-9-20(32-25)18-15-36(16-26(27,28)29)22-8-6-5-7-17(18)22;1-2-4-5-3-1;/h5-10,13-15H,11-12,16H2,1-4H3,(H,30,31,32);5-10,13-15H,11-12,16,30H2,1-4H3,(H,31,32,33);1-4H2;1H4. The van der Waals surface area contributed by atoms with Crippen molar-refractivity contribution < 1.29 is 45.5 Å². The van der Waals surface area contributed by atoms with Gasteiger partial charge >= 0.3 is 12.4 Å². The van der Waals surface area contributed by atoms with Gasteiger partial charge in [0.05, 0.1) is 53.3 Å². The van der Waals surface area contributed by atoms with Gasteiger partial charge in [-0.15, -0.1) is 0 Å². The Morgan fingerprint density at radius 1 is 0.646 bits per heavy atom. The van der Waals surface area contributed by atoms with E-state index in [0.29, 0.717) is 86.0 Å². The van der Waals surface area contributed by atoms with Crippen LogP contribution in [-0.4, -0.2) is 152 Å². The van der Waals surface area contributed by atoms with Crippen LogP contribution in [0.4, 0.5) is 72.4 Å². The molecule has 1 fully saturated rings. The molecule has 25 heteroatoms. The summed E-state index contributed by atoms with van der Waals surface area (Å²) in [6, 6.07) is 23.5. The molecule has 4 aromatic heterocycles. The Morgan fingerprint density at radius 2 is 1.07 bits per heavy atom. The average Bonchev–Trinajstić information content (AvgIpc) is 4.22. The number of likely N-dealkylation sites (N-methyl/N-ethyl adjacent to an activating group) is 4. The maximum absolute atomic E-state index is 13.2. The Bertz CT molecular complexity index is 3390. The van der Waals surface area contributed by atoms with Gasteiger partial charge in [-0.05, 0) is 71.4 Å². The monoisotopic (exact) mass is 1140 g/mol. The van der Waals surface area contributed by atoms with Gasteiger partial charge in [-0.1, -0.05) is 43.8 Å². The molecule has 0 bridgehead atoms. The van der Waals surface area contributed by atoms with Gasteiger partial charge in [-0.25, -0.2) is 19.9 Å². The third kappa shape index (κ3) is 16.6. The summed E-state index contributed by atoms with van der Waals surface area (Å²) in [7, 11) is 14.6. The second-order valence-corrected chi connectivity index (χ2v) is 19.6. The van der Waals surface area contributed by atoms with Gasteiger partial charge in [0.15, 0.2) is 0 Å². The van der Waals surface area contributed by atoms with Crippen molar-refractivity contribution >= 4 is 67.8 Å². The molecule has 0 saturated carbocycles. The summed E-state index contributed by atoms with van der Waals surface area (Å²) in [5, 5.41) is 19.3. The second kappa shape index (κ2) is 27.8. The third-order valence-corrected chi connectivity index (χ3v) is 12.9. The number of ether oxygens (including phenoxy) is 3. The number of nitrogens with one attached hydrogen (secondary N) is 2. The molecule has 5 heterocycles. The molecule has 19 nitrogen and oxygen atoms in total. The first-order valence-electron chi connectivity index (χ1n) is 25.7. The number of nitrogen functional groups attached to an aromatic ring is 1. The zero-order chi connectivity index (χ0) is 58.6. The summed E-state index contributed by atoms with van der Waals surface area (Å²) in [5.41, 5.74) is 11.7. The average molecular weight is 1150 g/mol. The zero-order valence-corrected chi connectivity index (χ0v) is 46.3. The largest absolute Gasteiger partial charge is 0.494 e. The molecule has 0 atom stereocenters. The highest BCUT2D eigenvalue weighted by atomic mass is 19.4. The first-order chi connectivity index (χ1) is 38.5. The van der Waals surface area contributed by atoms with Crippen LogP contribution in [-0.2, 0) is 17.8 Å². The molecule has 0 unspecified atom stereocenters. The fourth-order valence-corrected chi connectivity index (χ4v) is 8.84. The molecule has 0 spiro atoms. The minimum Gasteiger partial charge on any atom is -0.494 e. The number of hydrogen-bond donors (Lipinski definition) is 3. The number of methoxy groups -OCH3 is 2. The molecule has 9 rings (SSSR count). The number of aromatic nitrogens is 6. The molecule has 0 aliphatic carbocycles. The number of benzene rings is 4. The van der Waals surface area contributed by atoms with Gasteiger partial charge in [-0.2, -0.15) is 26.3 Å². The number of hydrogen-bond acceptors (Lipinski definition) is 16. The molecule has 1 saturated heterocycles. The number of nitro benzene ring substituents is 1. The lowest BCUT2D eigenvalue weighted by Gasteiger charge is -2.24. The molecule has 4 aromatic carbocycles. The van der Waals surface area contributed by atoms with Crippen LogP contribution in [0.3, 0.4) is 0 Å². The van der Waals surface area contributed by atoms with E-state index in [1.807, 2.05) is 46.2 Å². The van der Waals surface area contributed by atoms with E-state index < -0.39 is 30.4 Å². The Hall–Kier alpha value is -8.42. The molecular weight excluding hydrogens is 1070 g/mol. The van der Waals surface area contributed by atoms with Crippen LogP contribution in [0.2, 0.25) is 0 Å². The van der Waals surface area contributed by atoms with Crippen LogP contribution in [0.15, 0.2) is 110 Å². The molecule has 0 amide bonds. The number of nitrogens with zero attached hydrogens (tertiary/aromatic N) is 11. The quantitative estimate of drug-likeness (QED) is 0.0299. The fraction of sp³-hybridized carbons (Fsp3) is 0.368. The fourth-order valence-electron chi connectivity index (χ4n) is 8.84. The predicted octanol–water partition coefficient (Wildman–Crippen LogP) is 11.7. The van der Waals surface area contributed by atoms with E-state index >= 15 is 0 Å². The number of halogens is 6. The lowest BCUT2D eigenvalue weighted by molar-refractivity contribution is -0.384. The van der Waals surface area contributed by atoms with Crippen molar-refractivity contribution in [1.29, 1.82) is 0 Å². The maximum Gasteiger partial charge on any atom is 0.406 e. The summed E-state index contributed by atoms with van der Waals surface area (Å²) < 4.78 is 97.4. The molecule has 0 radical (unpaired) electrons. The van der Waals surface area contributed by atoms with Crippen molar-refractivity contribution in [3.05, 3.63) is 120 Å². The highest BCUT2D eigenvalue weighted by Crippen LogP contribution is 2.41. The minimum absolute atomic E-state index is 0. The number of anilines is 7. The van der Waals surface area contributed by atoms with E-state index in [1.165, 1.54) is 49.2 Å².